The topological polar surface area (TPSA) is 73.0 Å². The summed E-state index contributed by atoms with van der Waals surface area (Å²) in [6, 6.07) is 24.1. The van der Waals surface area contributed by atoms with Gasteiger partial charge in [0.25, 0.3) is 0 Å². The second-order valence-corrected chi connectivity index (χ2v) is 8.69. The van der Waals surface area contributed by atoms with Crippen LogP contribution < -0.4 is 5.73 Å². The summed E-state index contributed by atoms with van der Waals surface area (Å²) in [6.07, 6.45) is 0.453. The monoisotopic (exact) mass is 388 g/mol. The molecule has 0 fully saturated rings. The van der Waals surface area contributed by atoms with E-state index in [9.17, 15) is 8.42 Å². The molecule has 0 aliphatic heterocycles. The van der Waals surface area contributed by atoms with E-state index in [0.29, 0.717) is 17.5 Å². The lowest BCUT2D eigenvalue weighted by Gasteiger charge is -2.16. The fourth-order valence-electron chi connectivity index (χ4n) is 3.39. The van der Waals surface area contributed by atoms with Gasteiger partial charge in [0.05, 0.1) is 10.4 Å². The molecule has 0 bridgehead atoms. The number of aryl methyl sites for hydroxylation is 1. The van der Waals surface area contributed by atoms with E-state index in [4.69, 9.17) is 5.73 Å². The van der Waals surface area contributed by atoms with Gasteiger partial charge in [-0.25, -0.2) is 13.4 Å². The van der Waals surface area contributed by atoms with Crippen LogP contribution in [0.4, 0.5) is 5.82 Å². The molecule has 0 saturated heterocycles. The highest BCUT2D eigenvalue weighted by atomic mass is 32.2. The van der Waals surface area contributed by atoms with Gasteiger partial charge >= 0.3 is 0 Å². The lowest BCUT2D eigenvalue weighted by molar-refractivity contribution is 0.595. The first kappa shape index (κ1) is 18.2. The first-order valence-electron chi connectivity index (χ1n) is 8.99. The fraction of sp³-hybridized carbons (Fsp3) is 0.0870. The summed E-state index contributed by atoms with van der Waals surface area (Å²) in [5.41, 5.74) is 9.57. The normalized spacial score (nSPS) is 11.6. The van der Waals surface area contributed by atoms with Crippen LogP contribution in [0.15, 0.2) is 88.7 Å². The highest BCUT2D eigenvalue weighted by molar-refractivity contribution is 7.91. The second kappa shape index (κ2) is 7.09. The summed E-state index contributed by atoms with van der Waals surface area (Å²) in [7, 11) is -3.82. The smallest absolute Gasteiger partial charge is 0.210 e. The number of nitrogen functional groups attached to an aromatic ring is 1. The maximum Gasteiger partial charge on any atom is 0.210 e. The highest BCUT2D eigenvalue weighted by Gasteiger charge is 2.27. The molecule has 0 atom stereocenters. The van der Waals surface area contributed by atoms with Gasteiger partial charge in [0.15, 0.2) is 0 Å². The summed E-state index contributed by atoms with van der Waals surface area (Å²) < 4.78 is 27.0. The van der Waals surface area contributed by atoms with Crippen molar-refractivity contribution in [3.8, 4) is 0 Å². The number of benzene rings is 3. The van der Waals surface area contributed by atoms with Crippen LogP contribution in [0.3, 0.4) is 0 Å². The molecular formula is C23H20N2O2S. The van der Waals surface area contributed by atoms with Crippen molar-refractivity contribution in [1.82, 2.24) is 4.98 Å². The Bertz CT molecular complexity index is 1250. The zero-order valence-electron chi connectivity index (χ0n) is 15.5. The average Bonchev–Trinajstić information content (AvgIpc) is 2.69. The van der Waals surface area contributed by atoms with E-state index in [1.807, 2.05) is 61.5 Å². The van der Waals surface area contributed by atoms with Crippen LogP contribution in [-0.4, -0.2) is 13.4 Å². The molecule has 1 heterocycles. The van der Waals surface area contributed by atoms with E-state index in [2.05, 4.69) is 4.98 Å². The van der Waals surface area contributed by atoms with E-state index < -0.39 is 9.84 Å². The molecule has 1 aromatic heterocycles. The molecule has 28 heavy (non-hydrogen) atoms. The zero-order valence-corrected chi connectivity index (χ0v) is 16.3. The van der Waals surface area contributed by atoms with E-state index in [0.717, 1.165) is 16.5 Å². The van der Waals surface area contributed by atoms with E-state index in [1.54, 1.807) is 24.3 Å². The molecule has 0 saturated carbocycles. The summed E-state index contributed by atoms with van der Waals surface area (Å²) >= 11 is 0. The largest absolute Gasteiger partial charge is 0.383 e. The third kappa shape index (κ3) is 3.25. The van der Waals surface area contributed by atoms with Gasteiger partial charge in [-0.3, -0.25) is 0 Å². The number of para-hydroxylation sites is 1. The van der Waals surface area contributed by atoms with Crippen molar-refractivity contribution in [3.05, 3.63) is 95.6 Å². The number of fused-ring (bicyclic) bond motifs is 1. The lowest BCUT2D eigenvalue weighted by Crippen LogP contribution is -2.12. The van der Waals surface area contributed by atoms with Crippen molar-refractivity contribution in [3.63, 3.8) is 0 Å². The van der Waals surface area contributed by atoms with Crippen LogP contribution in [0.2, 0.25) is 0 Å². The molecule has 140 valence electrons. The molecule has 4 aromatic rings. The van der Waals surface area contributed by atoms with Gasteiger partial charge < -0.3 is 5.73 Å². The third-order valence-electron chi connectivity index (χ3n) is 4.80. The van der Waals surface area contributed by atoms with Crippen molar-refractivity contribution in [2.75, 3.05) is 5.73 Å². The number of hydrogen-bond donors (Lipinski definition) is 1. The quantitative estimate of drug-likeness (QED) is 0.557. The zero-order chi connectivity index (χ0) is 19.7. The molecule has 3 aromatic carbocycles. The molecule has 0 aliphatic carbocycles. The summed E-state index contributed by atoms with van der Waals surface area (Å²) in [6.45, 7) is 1.92. The Labute approximate surface area is 164 Å². The van der Waals surface area contributed by atoms with Gasteiger partial charge in [-0.15, -0.1) is 0 Å². The average molecular weight is 388 g/mol. The minimum absolute atomic E-state index is 0.0326. The predicted octanol–water partition coefficient (Wildman–Crippen LogP) is 4.55. The molecule has 0 spiro atoms. The SMILES string of the molecule is Cc1ccc(S(=O)(=O)c2c(N)nc3ccccc3c2Cc2ccccc2)cc1. The Morgan fingerprint density at radius 3 is 2.21 bits per heavy atom. The van der Waals surface area contributed by atoms with Gasteiger partial charge in [0.2, 0.25) is 9.84 Å². The van der Waals surface area contributed by atoms with Gasteiger partial charge in [-0.05, 0) is 42.7 Å². The number of pyridine rings is 1. The Morgan fingerprint density at radius 2 is 1.50 bits per heavy atom. The van der Waals surface area contributed by atoms with Crippen LogP contribution in [0, 0.1) is 6.92 Å². The maximum atomic E-state index is 13.5. The first-order valence-corrected chi connectivity index (χ1v) is 10.5. The minimum atomic E-state index is -3.82. The minimum Gasteiger partial charge on any atom is -0.383 e. The second-order valence-electron chi connectivity index (χ2n) is 6.80. The Balaban J connectivity index is 2.00. The molecule has 4 rings (SSSR count). The number of anilines is 1. The maximum absolute atomic E-state index is 13.5. The fourth-order valence-corrected chi connectivity index (χ4v) is 4.95. The first-order chi connectivity index (χ1) is 13.5. The molecule has 0 radical (unpaired) electrons. The van der Waals surface area contributed by atoms with Crippen molar-refractivity contribution >= 4 is 26.6 Å². The van der Waals surface area contributed by atoms with Gasteiger partial charge in [-0.2, -0.15) is 0 Å². The van der Waals surface area contributed by atoms with Gasteiger partial charge in [0.1, 0.15) is 10.7 Å². The van der Waals surface area contributed by atoms with Crippen LogP contribution in [0.5, 0.6) is 0 Å². The number of sulfone groups is 1. The van der Waals surface area contributed by atoms with Crippen molar-refractivity contribution in [2.45, 2.75) is 23.1 Å². The standard InChI is InChI=1S/C23H20N2O2S/c1-16-11-13-18(14-12-16)28(26,27)22-20(15-17-7-3-2-4-8-17)19-9-5-6-10-21(19)25-23(22)24/h2-14H,15H2,1H3,(H2,24,25). The Morgan fingerprint density at radius 1 is 0.857 bits per heavy atom. The summed E-state index contributed by atoms with van der Waals surface area (Å²) in [4.78, 5) is 4.70. The number of aromatic nitrogens is 1. The van der Waals surface area contributed by atoms with E-state index in [-0.39, 0.29) is 15.6 Å². The van der Waals surface area contributed by atoms with Crippen LogP contribution in [-0.2, 0) is 16.3 Å². The Kier molecular flexibility index (Phi) is 4.61. The van der Waals surface area contributed by atoms with Gasteiger partial charge in [0, 0.05) is 5.39 Å². The van der Waals surface area contributed by atoms with E-state index in [1.165, 1.54) is 0 Å². The number of nitrogens with two attached hydrogens (primary N) is 1. The molecule has 2 N–H and O–H groups in total. The summed E-state index contributed by atoms with van der Waals surface area (Å²) in [5, 5.41) is 0.797. The molecule has 0 aliphatic rings. The molecule has 0 amide bonds. The predicted molar refractivity (Wildman–Crippen MR) is 112 cm³/mol. The molecule has 5 heteroatoms. The molecule has 4 nitrogen and oxygen atoms in total. The van der Waals surface area contributed by atoms with Crippen LogP contribution in [0.25, 0.3) is 10.9 Å². The van der Waals surface area contributed by atoms with Crippen LogP contribution in [0.1, 0.15) is 16.7 Å². The summed E-state index contributed by atoms with van der Waals surface area (Å²) in [5.74, 6) is 0.0326. The van der Waals surface area contributed by atoms with Gasteiger partial charge in [-0.1, -0.05) is 66.2 Å². The van der Waals surface area contributed by atoms with Crippen molar-refractivity contribution in [1.29, 1.82) is 0 Å². The van der Waals surface area contributed by atoms with Crippen molar-refractivity contribution < 1.29 is 8.42 Å². The highest BCUT2D eigenvalue weighted by Crippen LogP contribution is 2.34. The number of nitrogens with zero attached hydrogens (tertiary/aromatic N) is 1. The third-order valence-corrected chi connectivity index (χ3v) is 6.69. The number of rotatable bonds is 4. The van der Waals surface area contributed by atoms with Crippen LogP contribution >= 0.6 is 0 Å². The molecular weight excluding hydrogens is 368 g/mol. The molecule has 0 unspecified atom stereocenters. The van der Waals surface area contributed by atoms with Crippen molar-refractivity contribution in [2.24, 2.45) is 0 Å². The van der Waals surface area contributed by atoms with E-state index >= 15 is 0 Å². The Hall–Kier alpha value is -3.18. The lowest BCUT2D eigenvalue weighted by atomic mass is 10.0. The number of hydrogen-bond acceptors (Lipinski definition) is 4.